The highest BCUT2D eigenvalue weighted by Gasteiger charge is 2.60. The lowest BCUT2D eigenvalue weighted by Gasteiger charge is -2.29. The SMILES string of the molecule is Cc1ccc(N2C(=O)[C@@H]3[C@@H](c4cc(Br)ccc4O)N(c4ccccc4)O[C@H]3C2=O)cc1. The third-order valence-electron chi connectivity index (χ3n) is 5.73. The van der Waals surface area contributed by atoms with Crippen molar-refractivity contribution in [1.29, 1.82) is 0 Å². The normalized spacial score (nSPS) is 22.8. The van der Waals surface area contributed by atoms with Gasteiger partial charge in [-0.2, -0.15) is 0 Å². The van der Waals surface area contributed by atoms with Gasteiger partial charge in [0.05, 0.1) is 17.4 Å². The van der Waals surface area contributed by atoms with Crippen molar-refractivity contribution < 1.29 is 19.5 Å². The predicted molar refractivity (Wildman–Crippen MR) is 120 cm³/mol. The van der Waals surface area contributed by atoms with E-state index in [4.69, 9.17) is 4.84 Å². The van der Waals surface area contributed by atoms with E-state index in [0.717, 1.165) is 10.0 Å². The Balaban J connectivity index is 1.62. The Morgan fingerprint density at radius 1 is 0.903 bits per heavy atom. The van der Waals surface area contributed by atoms with E-state index in [0.29, 0.717) is 16.9 Å². The number of para-hydroxylation sites is 1. The monoisotopic (exact) mass is 478 g/mol. The number of carbonyl (C=O) groups excluding carboxylic acids is 2. The number of nitrogens with zero attached hydrogens (tertiary/aromatic N) is 2. The third kappa shape index (κ3) is 3.21. The molecule has 0 unspecified atom stereocenters. The minimum Gasteiger partial charge on any atom is -0.508 e. The third-order valence-corrected chi connectivity index (χ3v) is 6.22. The number of benzene rings is 3. The van der Waals surface area contributed by atoms with Gasteiger partial charge in [-0.15, -0.1) is 0 Å². The van der Waals surface area contributed by atoms with Gasteiger partial charge in [0.15, 0.2) is 6.10 Å². The Kier molecular flexibility index (Phi) is 4.79. The average molecular weight is 479 g/mol. The molecule has 3 aromatic rings. The zero-order valence-corrected chi connectivity index (χ0v) is 18.2. The highest BCUT2D eigenvalue weighted by Crippen LogP contribution is 2.49. The van der Waals surface area contributed by atoms with Crippen LogP contribution in [0.25, 0.3) is 0 Å². The van der Waals surface area contributed by atoms with Crippen LogP contribution in [0, 0.1) is 12.8 Å². The van der Waals surface area contributed by atoms with Crippen molar-refractivity contribution in [1.82, 2.24) is 0 Å². The molecule has 156 valence electrons. The first-order chi connectivity index (χ1) is 15.0. The Labute approximate surface area is 187 Å². The largest absolute Gasteiger partial charge is 0.508 e. The van der Waals surface area contributed by atoms with Crippen LogP contribution in [0.2, 0.25) is 0 Å². The number of fused-ring (bicyclic) bond motifs is 1. The summed E-state index contributed by atoms with van der Waals surface area (Å²) in [5.74, 6) is -1.51. The Hall–Kier alpha value is -3.16. The molecule has 2 heterocycles. The predicted octanol–water partition coefficient (Wildman–Crippen LogP) is 4.51. The molecule has 0 aliphatic carbocycles. The summed E-state index contributed by atoms with van der Waals surface area (Å²) in [6.45, 7) is 1.94. The number of anilines is 2. The highest BCUT2D eigenvalue weighted by atomic mass is 79.9. The van der Waals surface area contributed by atoms with Gasteiger partial charge in [-0.25, -0.2) is 9.96 Å². The first-order valence-electron chi connectivity index (χ1n) is 9.89. The first-order valence-corrected chi connectivity index (χ1v) is 10.7. The van der Waals surface area contributed by atoms with E-state index in [9.17, 15) is 14.7 Å². The number of amides is 2. The summed E-state index contributed by atoms with van der Waals surface area (Å²) in [6, 6.07) is 20.9. The van der Waals surface area contributed by atoms with Crippen LogP contribution in [0.3, 0.4) is 0 Å². The maximum atomic E-state index is 13.5. The summed E-state index contributed by atoms with van der Waals surface area (Å²) in [7, 11) is 0. The van der Waals surface area contributed by atoms with Gasteiger partial charge in [-0.3, -0.25) is 14.4 Å². The number of halogens is 1. The van der Waals surface area contributed by atoms with E-state index in [1.165, 1.54) is 4.90 Å². The molecule has 0 spiro atoms. The topological polar surface area (TPSA) is 70.1 Å². The molecular weight excluding hydrogens is 460 g/mol. The van der Waals surface area contributed by atoms with Crippen LogP contribution in [0.15, 0.2) is 77.3 Å². The molecule has 31 heavy (non-hydrogen) atoms. The maximum Gasteiger partial charge on any atom is 0.266 e. The molecule has 5 rings (SSSR count). The Morgan fingerprint density at radius 3 is 2.32 bits per heavy atom. The number of hydrogen-bond acceptors (Lipinski definition) is 5. The van der Waals surface area contributed by atoms with Crippen LogP contribution in [0.4, 0.5) is 11.4 Å². The molecule has 0 aromatic heterocycles. The molecule has 0 bridgehead atoms. The van der Waals surface area contributed by atoms with Gasteiger partial charge < -0.3 is 5.11 Å². The smallest absolute Gasteiger partial charge is 0.266 e. The quantitative estimate of drug-likeness (QED) is 0.560. The van der Waals surface area contributed by atoms with Crippen molar-refractivity contribution in [3.63, 3.8) is 0 Å². The van der Waals surface area contributed by atoms with Crippen molar-refractivity contribution in [3.05, 3.63) is 88.4 Å². The van der Waals surface area contributed by atoms with Crippen molar-refractivity contribution in [2.75, 3.05) is 9.96 Å². The van der Waals surface area contributed by atoms with Crippen molar-refractivity contribution in [2.45, 2.75) is 19.1 Å². The van der Waals surface area contributed by atoms with Crippen molar-refractivity contribution in [3.8, 4) is 5.75 Å². The summed E-state index contributed by atoms with van der Waals surface area (Å²) < 4.78 is 0.754. The lowest BCUT2D eigenvalue weighted by molar-refractivity contribution is -0.126. The summed E-state index contributed by atoms with van der Waals surface area (Å²) in [5, 5.41) is 12.2. The average Bonchev–Trinajstić information content (AvgIpc) is 3.28. The lowest BCUT2D eigenvalue weighted by Crippen LogP contribution is -2.37. The molecule has 2 aliphatic heterocycles. The van der Waals surface area contributed by atoms with Crippen LogP contribution in [-0.4, -0.2) is 23.0 Å². The fourth-order valence-electron chi connectivity index (χ4n) is 4.24. The van der Waals surface area contributed by atoms with Gasteiger partial charge in [-0.1, -0.05) is 51.8 Å². The van der Waals surface area contributed by atoms with E-state index in [1.54, 1.807) is 35.4 Å². The fraction of sp³-hybridized carbons (Fsp3) is 0.167. The second-order valence-electron chi connectivity index (χ2n) is 7.71. The van der Waals surface area contributed by atoms with Crippen LogP contribution in [-0.2, 0) is 14.4 Å². The fourth-order valence-corrected chi connectivity index (χ4v) is 4.62. The van der Waals surface area contributed by atoms with Crippen LogP contribution >= 0.6 is 15.9 Å². The molecule has 2 fully saturated rings. The van der Waals surface area contributed by atoms with Crippen LogP contribution in [0.5, 0.6) is 5.75 Å². The number of carbonyl (C=O) groups is 2. The summed E-state index contributed by atoms with van der Waals surface area (Å²) in [4.78, 5) is 34.1. The number of hydrogen-bond donors (Lipinski definition) is 1. The zero-order valence-electron chi connectivity index (χ0n) is 16.6. The summed E-state index contributed by atoms with van der Waals surface area (Å²) in [6.07, 6.45) is -0.975. The van der Waals surface area contributed by atoms with Gasteiger partial charge in [0.25, 0.3) is 5.91 Å². The number of aryl methyl sites for hydroxylation is 1. The number of phenolic OH excluding ortho intramolecular Hbond substituents is 1. The van der Waals surface area contributed by atoms with Gasteiger partial charge in [0, 0.05) is 10.0 Å². The van der Waals surface area contributed by atoms with Crippen molar-refractivity contribution in [2.24, 2.45) is 5.92 Å². The molecule has 3 aromatic carbocycles. The van der Waals surface area contributed by atoms with Crippen LogP contribution in [0.1, 0.15) is 17.2 Å². The molecule has 2 amide bonds. The second kappa shape index (κ2) is 7.51. The summed E-state index contributed by atoms with van der Waals surface area (Å²) in [5.41, 5.74) is 2.76. The number of rotatable bonds is 3. The van der Waals surface area contributed by atoms with E-state index in [1.807, 2.05) is 49.4 Å². The minimum atomic E-state index is -0.975. The molecule has 1 N–H and O–H groups in total. The van der Waals surface area contributed by atoms with Gasteiger partial charge in [0.2, 0.25) is 5.91 Å². The Bertz CT molecular complexity index is 1170. The van der Waals surface area contributed by atoms with Crippen molar-refractivity contribution >= 4 is 39.1 Å². The maximum absolute atomic E-state index is 13.5. The molecular formula is C24H19BrN2O4. The van der Waals surface area contributed by atoms with Crippen LogP contribution < -0.4 is 9.96 Å². The Morgan fingerprint density at radius 2 is 1.61 bits per heavy atom. The van der Waals surface area contributed by atoms with Gasteiger partial charge in [-0.05, 0) is 49.4 Å². The number of aromatic hydroxyl groups is 1. The molecule has 2 saturated heterocycles. The number of hydroxylamine groups is 1. The van der Waals surface area contributed by atoms with E-state index in [-0.39, 0.29) is 11.7 Å². The second-order valence-corrected chi connectivity index (χ2v) is 8.62. The number of imide groups is 1. The molecule has 2 aliphatic rings. The lowest BCUT2D eigenvalue weighted by atomic mass is 9.90. The van der Waals surface area contributed by atoms with E-state index >= 15 is 0 Å². The summed E-state index contributed by atoms with van der Waals surface area (Å²) >= 11 is 3.44. The molecule has 0 radical (unpaired) electrons. The molecule has 3 atom stereocenters. The molecule has 6 nitrogen and oxygen atoms in total. The highest BCUT2D eigenvalue weighted by molar-refractivity contribution is 9.10. The first kappa shape index (κ1) is 19.8. The van der Waals surface area contributed by atoms with E-state index in [2.05, 4.69) is 15.9 Å². The van der Waals surface area contributed by atoms with Gasteiger partial charge in [0.1, 0.15) is 11.7 Å². The van der Waals surface area contributed by atoms with Gasteiger partial charge >= 0.3 is 0 Å². The molecule has 0 saturated carbocycles. The zero-order chi connectivity index (χ0) is 21.7. The molecule has 7 heteroatoms. The standard InChI is InChI=1S/C24H19BrN2O4/c1-14-7-10-16(11-8-14)26-23(29)20-21(18-13-15(25)9-12-19(18)28)27(31-22(20)24(26)30)17-5-3-2-4-6-17/h2-13,20-22,28H,1H3/t20-,21-,22-/m1/s1. The number of phenols is 1. The minimum absolute atomic E-state index is 0.0346. The van der Waals surface area contributed by atoms with E-state index < -0.39 is 24.0 Å².